The monoisotopic (exact) mass is 481 g/mol. The Bertz CT molecular complexity index is 1210. The number of hydrazone groups is 1. The summed E-state index contributed by atoms with van der Waals surface area (Å²) in [6.07, 6.45) is 0.355. The fourth-order valence-electron chi connectivity index (χ4n) is 3.10. The van der Waals surface area contributed by atoms with Crippen LogP contribution in [-0.4, -0.2) is 38.7 Å². The number of carbonyl (C=O) groups excluding carboxylic acids is 3. The highest BCUT2D eigenvalue weighted by atomic mass is 32.1. The number of esters is 1. The molecule has 1 N–H and O–H groups in total. The van der Waals surface area contributed by atoms with Gasteiger partial charge in [-0.3, -0.25) is 9.59 Å². The lowest BCUT2D eigenvalue weighted by Gasteiger charge is -2.22. The summed E-state index contributed by atoms with van der Waals surface area (Å²) in [6.45, 7) is 0.303. The van der Waals surface area contributed by atoms with Crippen molar-refractivity contribution in [3.63, 3.8) is 0 Å². The Morgan fingerprint density at radius 3 is 2.56 bits per heavy atom. The maximum atomic E-state index is 13.0. The van der Waals surface area contributed by atoms with Gasteiger partial charge in [0, 0.05) is 19.4 Å². The van der Waals surface area contributed by atoms with Gasteiger partial charge in [0.05, 0.1) is 6.54 Å². The predicted molar refractivity (Wildman–Crippen MR) is 121 cm³/mol. The fourth-order valence-corrected chi connectivity index (χ4v) is 3.77. The van der Waals surface area contributed by atoms with E-state index >= 15 is 0 Å². The molecule has 1 aromatic heterocycles. The van der Waals surface area contributed by atoms with Gasteiger partial charge in [-0.25, -0.2) is 14.2 Å². The van der Waals surface area contributed by atoms with Gasteiger partial charge in [-0.1, -0.05) is 53.8 Å². The van der Waals surface area contributed by atoms with Gasteiger partial charge in [0.2, 0.25) is 10.9 Å². The maximum absolute atomic E-state index is 13.0. The van der Waals surface area contributed by atoms with E-state index in [9.17, 15) is 18.8 Å². The van der Waals surface area contributed by atoms with Crippen LogP contribution in [0.5, 0.6) is 0 Å². The van der Waals surface area contributed by atoms with Crippen LogP contribution >= 0.6 is 11.3 Å². The number of carbonyl (C=O) groups is 3. The van der Waals surface area contributed by atoms with Crippen LogP contribution in [-0.2, 0) is 34.0 Å². The van der Waals surface area contributed by atoms with Gasteiger partial charge < -0.3 is 10.1 Å². The number of nitrogens with zero attached hydrogens (tertiary/aromatic N) is 4. The quantitative estimate of drug-likeness (QED) is 0.495. The van der Waals surface area contributed by atoms with Gasteiger partial charge in [0.15, 0.2) is 5.01 Å². The molecule has 34 heavy (non-hydrogen) atoms. The number of ether oxygens (including phenoxy) is 1. The molecule has 0 saturated carbocycles. The van der Waals surface area contributed by atoms with Crippen molar-refractivity contribution in [1.29, 1.82) is 0 Å². The molecule has 0 saturated heterocycles. The van der Waals surface area contributed by atoms with Gasteiger partial charge in [-0.05, 0) is 23.3 Å². The summed E-state index contributed by atoms with van der Waals surface area (Å²) in [7, 11) is 0. The number of rotatable bonds is 8. The van der Waals surface area contributed by atoms with E-state index in [0.717, 1.165) is 22.5 Å². The summed E-state index contributed by atoms with van der Waals surface area (Å²) in [5, 5.41) is 16.3. The van der Waals surface area contributed by atoms with E-state index in [1.807, 2.05) is 30.3 Å². The van der Waals surface area contributed by atoms with E-state index in [1.54, 1.807) is 12.1 Å². The summed E-state index contributed by atoms with van der Waals surface area (Å²) in [5.41, 5.74) is 1.78. The Balaban J connectivity index is 1.29. The third-order valence-electron chi connectivity index (χ3n) is 4.87. The zero-order valence-corrected chi connectivity index (χ0v) is 18.8. The number of hydrogen-bond acceptors (Lipinski definition) is 8. The first-order valence-corrected chi connectivity index (χ1v) is 11.2. The molecular formula is C23H20FN5O4S. The first-order chi connectivity index (χ1) is 16.5. The highest BCUT2D eigenvalue weighted by molar-refractivity contribution is 7.13. The van der Waals surface area contributed by atoms with Crippen molar-refractivity contribution in [3.05, 3.63) is 81.6 Å². The summed E-state index contributed by atoms with van der Waals surface area (Å²) in [5.74, 6) is -1.61. The third-order valence-corrected chi connectivity index (χ3v) is 5.77. The Hall–Kier alpha value is -3.99. The van der Waals surface area contributed by atoms with Crippen LogP contribution in [0, 0.1) is 5.82 Å². The third kappa shape index (κ3) is 6.07. The predicted octanol–water partition coefficient (Wildman–Crippen LogP) is 2.83. The molecule has 2 aromatic carbocycles. The lowest BCUT2D eigenvalue weighted by atomic mass is 10.1. The number of halogens is 1. The molecular weight excluding hydrogens is 461 g/mol. The molecule has 0 bridgehead atoms. The SMILES string of the molecule is O=C(OCc1nnc(C(=O)NCc2ccc(F)cc2)s1)C1=NN(Cc2ccccc2)C(=O)CC1. The van der Waals surface area contributed by atoms with Crippen molar-refractivity contribution in [1.82, 2.24) is 20.5 Å². The molecule has 0 spiro atoms. The van der Waals surface area contributed by atoms with Crippen molar-refractivity contribution < 1.29 is 23.5 Å². The lowest BCUT2D eigenvalue weighted by Crippen LogP contribution is -2.34. The smallest absolute Gasteiger partial charge is 0.354 e. The zero-order chi connectivity index (χ0) is 23.9. The molecule has 174 valence electrons. The van der Waals surface area contributed by atoms with E-state index < -0.39 is 11.9 Å². The molecule has 3 aromatic rings. The zero-order valence-electron chi connectivity index (χ0n) is 17.9. The largest absolute Gasteiger partial charge is 0.454 e. The first-order valence-electron chi connectivity index (χ1n) is 10.4. The Kier molecular flexibility index (Phi) is 7.33. The van der Waals surface area contributed by atoms with E-state index in [-0.39, 0.29) is 55.0 Å². The average Bonchev–Trinajstić information content (AvgIpc) is 3.33. The molecule has 1 aliphatic heterocycles. The molecule has 0 aliphatic carbocycles. The highest BCUT2D eigenvalue weighted by Gasteiger charge is 2.26. The van der Waals surface area contributed by atoms with Gasteiger partial charge in [-0.15, -0.1) is 10.2 Å². The topological polar surface area (TPSA) is 114 Å². The molecule has 2 heterocycles. The van der Waals surface area contributed by atoms with E-state index in [2.05, 4.69) is 20.6 Å². The standard InChI is InChI=1S/C23H20FN5O4S/c24-17-8-6-15(7-9-17)12-25-21(31)22-27-26-19(34-22)14-33-23(32)18-10-11-20(30)29(28-18)13-16-4-2-1-3-5-16/h1-9H,10-14H2,(H,25,31). The minimum atomic E-state index is -0.650. The maximum Gasteiger partial charge on any atom is 0.354 e. The minimum absolute atomic E-state index is 0.114. The minimum Gasteiger partial charge on any atom is -0.454 e. The molecule has 0 atom stereocenters. The van der Waals surface area contributed by atoms with Crippen LogP contribution in [0.25, 0.3) is 0 Å². The van der Waals surface area contributed by atoms with Crippen molar-refractivity contribution in [2.45, 2.75) is 32.5 Å². The van der Waals surface area contributed by atoms with E-state index in [0.29, 0.717) is 5.01 Å². The second-order valence-electron chi connectivity index (χ2n) is 7.37. The first kappa shape index (κ1) is 23.2. The number of aromatic nitrogens is 2. The Labute approximate surface area is 198 Å². The van der Waals surface area contributed by atoms with Crippen molar-refractivity contribution in [2.75, 3.05) is 0 Å². The normalized spacial score (nSPS) is 13.4. The second-order valence-corrected chi connectivity index (χ2v) is 8.43. The average molecular weight is 482 g/mol. The van der Waals surface area contributed by atoms with Crippen LogP contribution in [0.2, 0.25) is 0 Å². The fraction of sp³-hybridized carbons (Fsp3) is 0.217. The van der Waals surface area contributed by atoms with Crippen molar-refractivity contribution in [2.24, 2.45) is 5.10 Å². The Morgan fingerprint density at radius 2 is 1.79 bits per heavy atom. The second kappa shape index (κ2) is 10.8. The van der Waals surface area contributed by atoms with Gasteiger partial charge in [-0.2, -0.15) is 5.10 Å². The number of nitrogens with one attached hydrogen (secondary N) is 1. The molecule has 2 amide bonds. The molecule has 1 aliphatic rings. The van der Waals surface area contributed by atoms with Crippen molar-refractivity contribution in [3.8, 4) is 0 Å². The molecule has 0 unspecified atom stereocenters. The lowest BCUT2D eigenvalue weighted by molar-refractivity contribution is -0.137. The summed E-state index contributed by atoms with van der Waals surface area (Å²) in [6, 6.07) is 15.1. The summed E-state index contributed by atoms with van der Waals surface area (Å²) >= 11 is 0.994. The van der Waals surface area contributed by atoms with E-state index in [4.69, 9.17) is 4.74 Å². The van der Waals surface area contributed by atoms with Crippen LogP contribution in [0.1, 0.15) is 38.8 Å². The molecule has 9 nitrogen and oxygen atoms in total. The molecule has 0 radical (unpaired) electrons. The number of benzene rings is 2. The number of amides is 2. The van der Waals surface area contributed by atoms with Crippen LogP contribution < -0.4 is 5.32 Å². The molecule has 11 heteroatoms. The summed E-state index contributed by atoms with van der Waals surface area (Å²) in [4.78, 5) is 36.9. The van der Waals surface area contributed by atoms with Crippen molar-refractivity contribution >= 4 is 34.8 Å². The summed E-state index contributed by atoms with van der Waals surface area (Å²) < 4.78 is 18.2. The number of hydrogen-bond donors (Lipinski definition) is 1. The van der Waals surface area contributed by atoms with E-state index in [1.165, 1.54) is 17.1 Å². The molecule has 0 fully saturated rings. The molecule has 4 rings (SSSR count). The van der Waals surface area contributed by atoms with Crippen LogP contribution in [0.15, 0.2) is 59.7 Å². The van der Waals surface area contributed by atoms with Crippen LogP contribution in [0.3, 0.4) is 0 Å². The van der Waals surface area contributed by atoms with Crippen LogP contribution in [0.4, 0.5) is 4.39 Å². The van der Waals surface area contributed by atoms with Gasteiger partial charge in [0.1, 0.15) is 18.1 Å². The van der Waals surface area contributed by atoms with Gasteiger partial charge in [0.25, 0.3) is 5.91 Å². The Morgan fingerprint density at radius 1 is 1.03 bits per heavy atom. The highest BCUT2D eigenvalue weighted by Crippen LogP contribution is 2.16. The van der Waals surface area contributed by atoms with Gasteiger partial charge >= 0.3 is 5.97 Å².